The van der Waals surface area contributed by atoms with Crippen molar-refractivity contribution in [2.75, 3.05) is 12.0 Å². The summed E-state index contributed by atoms with van der Waals surface area (Å²) in [6.07, 6.45) is 2.20. The minimum Gasteiger partial charge on any atom is -0.481 e. The molecule has 218 valence electrons. The number of H-pyrrole nitrogens is 1. The second-order valence-electron chi connectivity index (χ2n) is 9.08. The zero-order chi connectivity index (χ0) is 29.8. The highest BCUT2D eigenvalue weighted by Crippen LogP contribution is 2.19. The second-order valence-corrected chi connectivity index (χ2v) is 10.1. The highest BCUT2D eigenvalue weighted by Gasteiger charge is 2.32. The van der Waals surface area contributed by atoms with Crippen molar-refractivity contribution in [2.45, 2.75) is 56.3 Å². The van der Waals surface area contributed by atoms with Crippen LogP contribution in [0.3, 0.4) is 0 Å². The Labute approximate surface area is 234 Å². The van der Waals surface area contributed by atoms with E-state index in [9.17, 15) is 33.9 Å². The molecule has 15 heteroatoms. The van der Waals surface area contributed by atoms with E-state index in [1.807, 2.05) is 6.26 Å². The fraction of sp³-hybridized carbons (Fsp3) is 0.440. The van der Waals surface area contributed by atoms with E-state index < -0.39 is 79.0 Å². The van der Waals surface area contributed by atoms with Crippen molar-refractivity contribution in [1.29, 1.82) is 0 Å². The van der Waals surface area contributed by atoms with Gasteiger partial charge in [0, 0.05) is 29.9 Å². The van der Waals surface area contributed by atoms with Crippen LogP contribution >= 0.6 is 11.8 Å². The van der Waals surface area contributed by atoms with Crippen molar-refractivity contribution in [3.05, 3.63) is 36.0 Å². The molecule has 0 aliphatic rings. The van der Waals surface area contributed by atoms with Crippen LogP contribution in [0.2, 0.25) is 0 Å². The maximum Gasteiger partial charge on any atom is 0.326 e. The number of aromatic nitrogens is 1. The van der Waals surface area contributed by atoms with Crippen LogP contribution in [-0.2, 0) is 35.2 Å². The van der Waals surface area contributed by atoms with Gasteiger partial charge in [-0.05, 0) is 36.5 Å². The Morgan fingerprint density at radius 3 is 2.17 bits per heavy atom. The van der Waals surface area contributed by atoms with Gasteiger partial charge in [-0.3, -0.25) is 24.0 Å². The number of carboxylic acid groups (broad SMARTS) is 2. The number of thioether (sulfide) groups is 1. The first-order valence-electron chi connectivity index (χ1n) is 12.4. The first kappa shape index (κ1) is 32.1. The molecule has 1 aromatic heterocycles. The van der Waals surface area contributed by atoms with E-state index in [2.05, 4.69) is 20.9 Å². The Balaban J connectivity index is 2.31. The predicted octanol–water partition coefficient (Wildman–Crippen LogP) is -0.930. The van der Waals surface area contributed by atoms with E-state index in [4.69, 9.17) is 16.6 Å². The summed E-state index contributed by atoms with van der Waals surface area (Å²) in [4.78, 5) is 76.3. The van der Waals surface area contributed by atoms with Gasteiger partial charge in [0.15, 0.2) is 0 Å². The van der Waals surface area contributed by atoms with Crippen LogP contribution in [0.1, 0.15) is 31.2 Å². The van der Waals surface area contributed by atoms with Gasteiger partial charge in [-0.15, -0.1) is 0 Å². The Hall–Kier alpha value is -4.11. The summed E-state index contributed by atoms with van der Waals surface area (Å²) < 4.78 is 0. The van der Waals surface area contributed by atoms with Crippen LogP contribution in [0.25, 0.3) is 10.9 Å². The van der Waals surface area contributed by atoms with Crippen molar-refractivity contribution in [1.82, 2.24) is 20.9 Å². The zero-order valence-corrected chi connectivity index (χ0v) is 22.7. The molecular formula is C25H34N6O8S. The van der Waals surface area contributed by atoms with Crippen LogP contribution < -0.4 is 27.4 Å². The molecule has 0 spiro atoms. The van der Waals surface area contributed by atoms with Gasteiger partial charge in [0.25, 0.3) is 0 Å². The first-order valence-corrected chi connectivity index (χ1v) is 13.8. The minimum atomic E-state index is -1.54. The molecule has 1 heterocycles. The fourth-order valence-electron chi connectivity index (χ4n) is 3.86. The molecule has 0 aliphatic carbocycles. The van der Waals surface area contributed by atoms with Crippen molar-refractivity contribution < 1.29 is 39.0 Å². The van der Waals surface area contributed by atoms with Gasteiger partial charge in [-0.1, -0.05) is 18.2 Å². The number of primary amides is 1. The molecule has 0 saturated heterocycles. The molecule has 0 saturated carbocycles. The third-order valence-corrected chi connectivity index (χ3v) is 6.65. The number of carbonyl (C=O) groups is 6. The average Bonchev–Trinajstić information content (AvgIpc) is 3.30. The minimum absolute atomic E-state index is 0.0999. The highest BCUT2D eigenvalue weighted by molar-refractivity contribution is 7.98. The number of amides is 4. The lowest BCUT2D eigenvalue weighted by molar-refractivity contribution is -0.143. The lowest BCUT2D eigenvalue weighted by atomic mass is 10.0. The van der Waals surface area contributed by atoms with Crippen molar-refractivity contribution in [3.63, 3.8) is 0 Å². The van der Waals surface area contributed by atoms with Gasteiger partial charge in [0.2, 0.25) is 23.6 Å². The van der Waals surface area contributed by atoms with Gasteiger partial charge in [0.05, 0.1) is 12.5 Å². The number of nitrogens with one attached hydrogen (secondary N) is 4. The SMILES string of the molecule is CSCCC(N)C(=O)NC(CC(N)=O)C(=O)NC(Cc1c[nH]c2ccccc12)C(=O)NC(CCC(=O)O)C(=O)O. The first-order chi connectivity index (χ1) is 18.9. The van der Waals surface area contributed by atoms with E-state index in [0.29, 0.717) is 17.7 Å². The number of carboxylic acids is 2. The summed E-state index contributed by atoms with van der Waals surface area (Å²) in [5.41, 5.74) is 12.5. The summed E-state index contributed by atoms with van der Waals surface area (Å²) in [6, 6.07) is 1.86. The van der Waals surface area contributed by atoms with Crippen LogP contribution in [0.4, 0.5) is 0 Å². The number of fused-ring (bicyclic) bond motifs is 1. The maximum absolute atomic E-state index is 13.2. The summed E-state index contributed by atoms with van der Waals surface area (Å²) in [5.74, 6) is -5.52. The molecule has 2 rings (SSSR count). The number of rotatable bonds is 17. The van der Waals surface area contributed by atoms with Crippen LogP contribution in [-0.4, -0.2) is 86.9 Å². The summed E-state index contributed by atoms with van der Waals surface area (Å²) in [6.45, 7) is 0. The molecule has 0 aliphatic heterocycles. The third kappa shape index (κ3) is 9.89. The van der Waals surface area contributed by atoms with Crippen molar-refractivity contribution in [2.24, 2.45) is 11.5 Å². The topological polar surface area (TPSA) is 247 Å². The number of carbonyl (C=O) groups excluding carboxylic acids is 4. The number of aromatic amines is 1. The summed E-state index contributed by atoms with van der Waals surface area (Å²) in [5, 5.41) is 26.3. The molecule has 0 radical (unpaired) electrons. The fourth-order valence-corrected chi connectivity index (χ4v) is 4.35. The van der Waals surface area contributed by atoms with E-state index in [1.54, 1.807) is 30.5 Å². The van der Waals surface area contributed by atoms with Crippen LogP contribution in [0.5, 0.6) is 0 Å². The molecule has 1 aromatic carbocycles. The van der Waals surface area contributed by atoms with E-state index in [1.165, 1.54) is 11.8 Å². The largest absolute Gasteiger partial charge is 0.481 e. The molecule has 10 N–H and O–H groups in total. The van der Waals surface area contributed by atoms with Gasteiger partial charge in [0.1, 0.15) is 18.1 Å². The van der Waals surface area contributed by atoms with Crippen LogP contribution in [0.15, 0.2) is 30.5 Å². The van der Waals surface area contributed by atoms with Crippen molar-refractivity contribution >= 4 is 58.2 Å². The zero-order valence-electron chi connectivity index (χ0n) is 21.8. The number of para-hydroxylation sites is 1. The van der Waals surface area contributed by atoms with Crippen molar-refractivity contribution in [3.8, 4) is 0 Å². The average molecular weight is 579 g/mol. The molecule has 0 fully saturated rings. The molecule has 4 amide bonds. The van der Waals surface area contributed by atoms with Gasteiger partial charge < -0.3 is 42.6 Å². The standard InChI is InChI=1S/C25H34N6O8S/c1-40-9-8-15(26)22(35)30-19(11-20(27)32)24(37)31-18(10-13-12-28-16-5-3-2-4-14(13)16)23(36)29-17(25(38)39)6-7-21(33)34/h2-5,12,15,17-19,28H,6-11,26H2,1H3,(H2,27,32)(H,29,36)(H,30,35)(H,31,37)(H,33,34)(H,38,39). The van der Waals surface area contributed by atoms with Gasteiger partial charge in [-0.2, -0.15) is 11.8 Å². The number of aliphatic carboxylic acids is 2. The van der Waals surface area contributed by atoms with E-state index >= 15 is 0 Å². The lowest BCUT2D eigenvalue weighted by Crippen LogP contribution is -2.58. The number of hydrogen-bond donors (Lipinski definition) is 8. The third-order valence-electron chi connectivity index (χ3n) is 6.00. The molecule has 2 aromatic rings. The normalized spacial score (nSPS) is 13.9. The molecule has 14 nitrogen and oxygen atoms in total. The van der Waals surface area contributed by atoms with E-state index in [-0.39, 0.29) is 6.42 Å². The number of hydrogen-bond acceptors (Lipinski definition) is 8. The molecule has 40 heavy (non-hydrogen) atoms. The van der Waals surface area contributed by atoms with Gasteiger partial charge in [-0.25, -0.2) is 4.79 Å². The molecule has 4 atom stereocenters. The monoisotopic (exact) mass is 578 g/mol. The smallest absolute Gasteiger partial charge is 0.326 e. The predicted molar refractivity (Wildman–Crippen MR) is 147 cm³/mol. The van der Waals surface area contributed by atoms with Gasteiger partial charge >= 0.3 is 11.9 Å². The Morgan fingerprint density at radius 2 is 1.55 bits per heavy atom. The Bertz CT molecular complexity index is 1230. The Kier molecular flexibility index (Phi) is 12.4. The number of nitrogens with two attached hydrogens (primary N) is 2. The molecule has 0 bridgehead atoms. The van der Waals surface area contributed by atoms with E-state index in [0.717, 1.165) is 10.9 Å². The second kappa shape index (κ2) is 15.5. The molecular weight excluding hydrogens is 544 g/mol. The number of benzene rings is 1. The quantitative estimate of drug-likeness (QED) is 0.114. The summed E-state index contributed by atoms with van der Waals surface area (Å²) in [7, 11) is 0. The highest BCUT2D eigenvalue weighted by atomic mass is 32.2. The van der Waals surface area contributed by atoms with Crippen LogP contribution in [0, 0.1) is 0 Å². The lowest BCUT2D eigenvalue weighted by Gasteiger charge is -2.25. The summed E-state index contributed by atoms with van der Waals surface area (Å²) >= 11 is 1.47. The molecule has 4 unspecified atom stereocenters. The maximum atomic E-state index is 13.2. The Morgan fingerprint density at radius 1 is 0.925 bits per heavy atom.